The third-order valence-electron chi connectivity index (χ3n) is 5.91. The SMILES string of the molecule is [B]c1ccc(OC(=O)N2CCc3c([nH]c4ccc(Cl)cc34)C2c2ccc(OCC#N)cc2)cc1. The Labute approximate surface area is 203 Å². The van der Waals surface area contributed by atoms with Crippen LogP contribution in [0.4, 0.5) is 4.79 Å². The molecule has 1 aliphatic rings. The average molecular weight is 468 g/mol. The molecule has 1 unspecified atom stereocenters. The molecule has 1 aliphatic heterocycles. The van der Waals surface area contributed by atoms with E-state index in [9.17, 15) is 4.79 Å². The molecular weight excluding hydrogens is 449 g/mol. The first-order chi connectivity index (χ1) is 16.5. The maximum atomic E-state index is 13.3. The number of nitrogens with one attached hydrogen (secondary N) is 1. The van der Waals surface area contributed by atoms with Crippen LogP contribution in [0.15, 0.2) is 66.7 Å². The summed E-state index contributed by atoms with van der Waals surface area (Å²) >= 11 is 6.27. The number of halogens is 1. The normalized spacial score (nSPS) is 14.9. The van der Waals surface area contributed by atoms with Gasteiger partial charge < -0.3 is 14.5 Å². The van der Waals surface area contributed by atoms with E-state index in [0.717, 1.165) is 27.7 Å². The molecule has 0 saturated heterocycles. The van der Waals surface area contributed by atoms with Crippen LogP contribution >= 0.6 is 11.6 Å². The van der Waals surface area contributed by atoms with Crippen LogP contribution in [-0.4, -0.2) is 37.0 Å². The lowest BCUT2D eigenvalue weighted by molar-refractivity contribution is 0.135. The zero-order valence-electron chi connectivity index (χ0n) is 18.1. The molecule has 34 heavy (non-hydrogen) atoms. The van der Waals surface area contributed by atoms with Crippen LogP contribution in [-0.2, 0) is 6.42 Å². The molecule has 1 amide bonds. The van der Waals surface area contributed by atoms with E-state index in [1.807, 2.05) is 36.4 Å². The second-order valence-electron chi connectivity index (χ2n) is 8.01. The number of carbonyl (C=O) groups is 1. The molecule has 6 nitrogen and oxygen atoms in total. The summed E-state index contributed by atoms with van der Waals surface area (Å²) in [5, 5.41) is 10.5. The maximum absolute atomic E-state index is 13.3. The van der Waals surface area contributed by atoms with E-state index in [0.29, 0.717) is 35.0 Å². The highest BCUT2D eigenvalue weighted by atomic mass is 35.5. The second-order valence-corrected chi connectivity index (χ2v) is 8.44. The first kappa shape index (κ1) is 21.9. The van der Waals surface area contributed by atoms with Gasteiger partial charge in [-0.15, -0.1) is 0 Å². The zero-order chi connectivity index (χ0) is 23.7. The van der Waals surface area contributed by atoms with Crippen molar-refractivity contribution in [2.75, 3.05) is 13.2 Å². The summed E-state index contributed by atoms with van der Waals surface area (Å²) in [6.07, 6.45) is 0.203. The van der Waals surface area contributed by atoms with E-state index >= 15 is 0 Å². The number of rotatable bonds is 4. The van der Waals surface area contributed by atoms with Crippen LogP contribution in [0.3, 0.4) is 0 Å². The van der Waals surface area contributed by atoms with E-state index in [2.05, 4.69) is 4.98 Å². The van der Waals surface area contributed by atoms with E-state index in [1.165, 1.54) is 0 Å². The number of nitriles is 1. The van der Waals surface area contributed by atoms with E-state index in [1.54, 1.807) is 41.3 Å². The Morgan fingerprint density at radius 1 is 1.12 bits per heavy atom. The van der Waals surface area contributed by atoms with Crippen molar-refractivity contribution in [1.82, 2.24) is 9.88 Å². The van der Waals surface area contributed by atoms with Gasteiger partial charge in [0.1, 0.15) is 31.5 Å². The molecule has 0 aliphatic carbocycles. The van der Waals surface area contributed by atoms with Gasteiger partial charge in [-0.05, 0) is 60.0 Å². The molecule has 0 fully saturated rings. The summed E-state index contributed by atoms with van der Waals surface area (Å²) in [7, 11) is 5.75. The Kier molecular flexibility index (Phi) is 5.91. The molecule has 8 heteroatoms. The van der Waals surface area contributed by atoms with Gasteiger partial charge in [0.2, 0.25) is 0 Å². The molecule has 0 saturated carbocycles. The van der Waals surface area contributed by atoms with Crippen LogP contribution < -0.4 is 14.9 Å². The molecule has 5 rings (SSSR count). The van der Waals surface area contributed by atoms with Crippen molar-refractivity contribution in [3.63, 3.8) is 0 Å². The van der Waals surface area contributed by atoms with Gasteiger partial charge in [0.15, 0.2) is 6.61 Å². The smallest absolute Gasteiger partial charge is 0.416 e. The lowest BCUT2D eigenvalue weighted by Crippen LogP contribution is -2.42. The Balaban J connectivity index is 1.54. The minimum absolute atomic E-state index is 0.0320. The number of nitrogens with zero attached hydrogens (tertiary/aromatic N) is 2. The summed E-state index contributed by atoms with van der Waals surface area (Å²) in [4.78, 5) is 18.5. The number of aromatic nitrogens is 1. The number of ether oxygens (including phenoxy) is 2. The van der Waals surface area contributed by atoms with Gasteiger partial charge in [-0.3, -0.25) is 4.90 Å². The highest BCUT2D eigenvalue weighted by Crippen LogP contribution is 2.39. The number of carbonyl (C=O) groups excluding carboxylic acids is 1. The highest BCUT2D eigenvalue weighted by Gasteiger charge is 2.35. The molecular formula is C26H19BClN3O3. The van der Waals surface area contributed by atoms with Crippen molar-refractivity contribution in [1.29, 1.82) is 5.26 Å². The van der Waals surface area contributed by atoms with Crippen LogP contribution in [0.2, 0.25) is 5.02 Å². The predicted octanol–water partition coefficient (Wildman–Crippen LogP) is 4.66. The molecule has 166 valence electrons. The number of amides is 1. The summed E-state index contributed by atoms with van der Waals surface area (Å²) < 4.78 is 11.1. The zero-order valence-corrected chi connectivity index (χ0v) is 18.9. The number of hydrogen-bond donors (Lipinski definition) is 1. The van der Waals surface area contributed by atoms with Crippen LogP contribution in [0.25, 0.3) is 10.9 Å². The molecule has 2 heterocycles. The third-order valence-corrected chi connectivity index (χ3v) is 6.14. The second kappa shape index (κ2) is 9.16. The minimum atomic E-state index is -0.457. The number of aromatic amines is 1. The van der Waals surface area contributed by atoms with E-state index in [-0.39, 0.29) is 6.61 Å². The topological polar surface area (TPSA) is 78.3 Å². The Morgan fingerprint density at radius 3 is 2.59 bits per heavy atom. The lowest BCUT2D eigenvalue weighted by atomic mass is 9.92. The molecule has 4 aromatic rings. The summed E-state index contributed by atoms with van der Waals surface area (Å²) in [5.41, 5.74) is 4.49. The molecule has 1 N–H and O–H groups in total. The fraction of sp³-hybridized carbons (Fsp3) is 0.154. The Hall–Kier alpha value is -3.89. The fourth-order valence-electron chi connectivity index (χ4n) is 4.36. The van der Waals surface area contributed by atoms with Crippen molar-refractivity contribution in [2.24, 2.45) is 0 Å². The molecule has 2 radical (unpaired) electrons. The van der Waals surface area contributed by atoms with Crippen molar-refractivity contribution in [2.45, 2.75) is 12.5 Å². The average Bonchev–Trinajstić information content (AvgIpc) is 3.21. The van der Waals surface area contributed by atoms with Crippen molar-refractivity contribution in [3.8, 4) is 17.6 Å². The van der Waals surface area contributed by atoms with E-state index < -0.39 is 12.1 Å². The Bertz CT molecular complexity index is 1390. The summed E-state index contributed by atoms with van der Waals surface area (Å²) in [6.45, 7) is 0.438. The first-order valence-electron chi connectivity index (χ1n) is 10.8. The van der Waals surface area contributed by atoms with Gasteiger partial charge in [-0.25, -0.2) is 4.79 Å². The standard InChI is InChI=1S/C26H19BClN3O3/c27-17-3-8-20(9-4-17)34-26(32)31-13-11-21-22-15-18(28)5-10-23(22)30-24(21)25(31)16-1-6-19(7-2-16)33-14-12-29/h1-10,15,25,30H,11,13-14H2. The quantitative estimate of drug-likeness (QED) is 0.443. The van der Waals surface area contributed by atoms with Crippen molar-refractivity contribution in [3.05, 3.63) is 88.6 Å². The number of benzene rings is 3. The molecule has 0 spiro atoms. The van der Waals surface area contributed by atoms with Gasteiger partial charge in [-0.1, -0.05) is 41.3 Å². The van der Waals surface area contributed by atoms with Gasteiger partial charge in [0.25, 0.3) is 0 Å². The van der Waals surface area contributed by atoms with Crippen LogP contribution in [0.1, 0.15) is 22.9 Å². The van der Waals surface area contributed by atoms with Gasteiger partial charge in [0, 0.05) is 28.2 Å². The maximum Gasteiger partial charge on any atom is 0.416 e. The number of hydrogen-bond acceptors (Lipinski definition) is 4. The largest absolute Gasteiger partial charge is 0.479 e. The third kappa shape index (κ3) is 4.20. The van der Waals surface area contributed by atoms with E-state index in [4.69, 9.17) is 34.2 Å². The number of fused-ring (bicyclic) bond motifs is 3. The lowest BCUT2D eigenvalue weighted by Gasteiger charge is -2.35. The van der Waals surface area contributed by atoms with Crippen molar-refractivity contribution < 1.29 is 14.3 Å². The Morgan fingerprint density at radius 2 is 1.85 bits per heavy atom. The monoisotopic (exact) mass is 467 g/mol. The van der Waals surface area contributed by atoms with Gasteiger partial charge >= 0.3 is 6.09 Å². The molecule has 3 aromatic carbocycles. The molecule has 0 bridgehead atoms. The van der Waals surface area contributed by atoms with Crippen molar-refractivity contribution >= 4 is 41.9 Å². The van der Waals surface area contributed by atoms with Gasteiger partial charge in [-0.2, -0.15) is 5.26 Å². The predicted molar refractivity (Wildman–Crippen MR) is 131 cm³/mol. The molecule has 1 atom stereocenters. The highest BCUT2D eigenvalue weighted by molar-refractivity contribution is 6.32. The van der Waals surface area contributed by atoms with Crippen LogP contribution in [0, 0.1) is 11.3 Å². The van der Waals surface area contributed by atoms with Crippen LogP contribution in [0.5, 0.6) is 11.5 Å². The summed E-state index contributed by atoms with van der Waals surface area (Å²) in [6, 6.07) is 21.4. The fourth-order valence-corrected chi connectivity index (χ4v) is 4.53. The number of H-pyrrole nitrogens is 1. The summed E-state index contributed by atoms with van der Waals surface area (Å²) in [5.74, 6) is 1.01. The van der Waals surface area contributed by atoms with Gasteiger partial charge in [0.05, 0.1) is 0 Å². The first-order valence-corrected chi connectivity index (χ1v) is 11.1. The minimum Gasteiger partial charge on any atom is -0.479 e. The molecule has 1 aromatic heterocycles.